The van der Waals surface area contributed by atoms with Gasteiger partial charge < -0.3 is 11.1 Å². The van der Waals surface area contributed by atoms with Crippen molar-refractivity contribution in [2.45, 2.75) is 6.04 Å². The second kappa shape index (κ2) is 6.00. The van der Waals surface area contributed by atoms with Gasteiger partial charge in [0.05, 0.1) is 9.83 Å². The number of anilines is 1. The molecule has 0 aliphatic carbocycles. The van der Waals surface area contributed by atoms with E-state index in [-0.39, 0.29) is 6.04 Å². The van der Waals surface area contributed by atoms with Gasteiger partial charge in [-0.05, 0) is 52.3 Å². The lowest BCUT2D eigenvalue weighted by molar-refractivity contribution is 0.806. The largest absolute Gasteiger partial charge is 0.376 e. The topological polar surface area (TPSA) is 38.0 Å². The van der Waals surface area contributed by atoms with Gasteiger partial charge in [-0.15, -0.1) is 11.3 Å². The maximum absolute atomic E-state index is 5.81. The average molecular weight is 376 g/mol. The molecule has 2 aromatic rings. The zero-order valence-electron chi connectivity index (χ0n) is 8.99. The van der Waals surface area contributed by atoms with Crippen molar-refractivity contribution in [3.8, 4) is 0 Å². The van der Waals surface area contributed by atoms with Gasteiger partial charge >= 0.3 is 0 Å². The number of nitrogens with one attached hydrogen (secondary N) is 1. The molecule has 0 bridgehead atoms. The molecule has 1 aromatic heterocycles. The molecule has 0 saturated heterocycles. The van der Waals surface area contributed by atoms with E-state index in [0.717, 1.165) is 13.9 Å². The van der Waals surface area contributed by atoms with Crippen LogP contribution in [0.3, 0.4) is 0 Å². The van der Waals surface area contributed by atoms with Crippen LogP contribution in [0, 0.1) is 0 Å². The summed E-state index contributed by atoms with van der Waals surface area (Å²) in [7, 11) is 0. The van der Waals surface area contributed by atoms with Crippen LogP contribution in [0.25, 0.3) is 0 Å². The smallest absolute Gasteiger partial charge is 0.0729 e. The third-order valence-corrected chi connectivity index (χ3v) is 4.62. The van der Waals surface area contributed by atoms with Crippen LogP contribution in [0.15, 0.2) is 44.7 Å². The molecule has 0 aliphatic rings. The van der Waals surface area contributed by atoms with Crippen molar-refractivity contribution in [1.29, 1.82) is 0 Å². The van der Waals surface area contributed by atoms with Gasteiger partial charge in [0, 0.05) is 21.6 Å². The van der Waals surface area contributed by atoms with Crippen LogP contribution in [0.5, 0.6) is 0 Å². The van der Waals surface area contributed by atoms with E-state index in [9.17, 15) is 0 Å². The van der Waals surface area contributed by atoms with E-state index in [1.807, 2.05) is 30.3 Å². The van der Waals surface area contributed by atoms with Gasteiger partial charge in [0.15, 0.2) is 0 Å². The van der Waals surface area contributed by atoms with Crippen molar-refractivity contribution < 1.29 is 0 Å². The lowest BCUT2D eigenvalue weighted by Crippen LogP contribution is -2.19. The van der Waals surface area contributed by atoms with Gasteiger partial charge in [0.25, 0.3) is 0 Å². The summed E-state index contributed by atoms with van der Waals surface area (Å²) in [6.07, 6.45) is 0. The highest BCUT2D eigenvalue weighted by atomic mass is 79.9. The van der Waals surface area contributed by atoms with Crippen LogP contribution in [-0.4, -0.2) is 6.54 Å². The molecule has 2 nitrogen and oxygen atoms in total. The second-order valence-corrected chi connectivity index (χ2v) is 6.99. The summed E-state index contributed by atoms with van der Waals surface area (Å²) in [6.45, 7) is 0.572. The van der Waals surface area contributed by atoms with E-state index in [0.29, 0.717) is 6.54 Å². The van der Waals surface area contributed by atoms with Gasteiger partial charge in [-0.1, -0.05) is 15.9 Å². The van der Waals surface area contributed by atoms with Gasteiger partial charge in [0.2, 0.25) is 0 Å². The Balaban J connectivity index is 2.12. The molecule has 1 aromatic carbocycles. The maximum atomic E-state index is 5.81. The number of hydrogen-bond acceptors (Lipinski definition) is 3. The first kappa shape index (κ1) is 13.1. The Morgan fingerprint density at radius 2 is 1.82 bits per heavy atom. The Hall–Kier alpha value is -0.360. The molecule has 1 unspecified atom stereocenters. The first-order chi connectivity index (χ1) is 8.19. The average Bonchev–Trinajstić information content (AvgIpc) is 2.75. The summed E-state index contributed by atoms with van der Waals surface area (Å²) >= 11 is 8.60. The van der Waals surface area contributed by atoms with Crippen LogP contribution in [0.1, 0.15) is 10.9 Å². The van der Waals surface area contributed by atoms with Crippen LogP contribution in [0.2, 0.25) is 0 Å². The normalized spacial score (nSPS) is 12.4. The van der Waals surface area contributed by atoms with Gasteiger partial charge in [-0.25, -0.2) is 0 Å². The van der Waals surface area contributed by atoms with Crippen LogP contribution >= 0.6 is 43.2 Å². The van der Waals surface area contributed by atoms with Gasteiger partial charge in [-0.3, -0.25) is 0 Å². The summed E-state index contributed by atoms with van der Waals surface area (Å²) in [4.78, 5) is 1.24. The fourth-order valence-electron chi connectivity index (χ4n) is 1.51. The Bertz CT molecular complexity index is 482. The van der Waals surface area contributed by atoms with E-state index < -0.39 is 0 Å². The van der Waals surface area contributed by atoms with Crippen LogP contribution in [-0.2, 0) is 0 Å². The predicted octanol–water partition coefficient (Wildman–Crippen LogP) is 4.39. The molecule has 1 atom stereocenters. The maximum Gasteiger partial charge on any atom is 0.0729 e. The van der Waals surface area contributed by atoms with Crippen molar-refractivity contribution in [2.24, 2.45) is 5.73 Å². The summed E-state index contributed by atoms with van der Waals surface area (Å²) in [5.74, 6) is 0. The molecular weight excluding hydrogens is 364 g/mol. The third-order valence-electron chi connectivity index (χ3n) is 2.36. The van der Waals surface area contributed by atoms with Crippen molar-refractivity contribution in [3.63, 3.8) is 0 Å². The highest BCUT2D eigenvalue weighted by molar-refractivity contribution is 9.11. The minimum absolute atomic E-state index is 0.160. The molecule has 0 amide bonds. The predicted molar refractivity (Wildman–Crippen MR) is 81.6 cm³/mol. The molecule has 0 aliphatic heterocycles. The minimum atomic E-state index is 0.160. The van der Waals surface area contributed by atoms with Crippen molar-refractivity contribution in [2.75, 3.05) is 11.9 Å². The molecule has 2 rings (SSSR count). The number of nitrogens with two attached hydrogens (primary N) is 1. The standard InChI is InChI=1S/C12H12Br2N2S/c13-8-1-3-9(4-2-8)16-10(7-15)11-5-6-12(14)17-11/h1-6,10,16H,7,15H2. The van der Waals surface area contributed by atoms with Crippen molar-refractivity contribution in [3.05, 3.63) is 49.5 Å². The zero-order valence-corrected chi connectivity index (χ0v) is 13.0. The lowest BCUT2D eigenvalue weighted by atomic mass is 10.2. The third kappa shape index (κ3) is 3.55. The Kier molecular flexibility index (Phi) is 4.62. The van der Waals surface area contributed by atoms with E-state index in [2.05, 4.69) is 43.2 Å². The molecule has 0 radical (unpaired) electrons. The SMILES string of the molecule is NCC(Nc1ccc(Br)cc1)c1ccc(Br)s1. The van der Waals surface area contributed by atoms with E-state index in [1.165, 1.54) is 4.88 Å². The van der Waals surface area contributed by atoms with Crippen LogP contribution < -0.4 is 11.1 Å². The highest BCUT2D eigenvalue weighted by Crippen LogP contribution is 2.29. The monoisotopic (exact) mass is 374 g/mol. The second-order valence-electron chi connectivity index (χ2n) is 3.58. The first-order valence-corrected chi connectivity index (χ1v) is 7.56. The quantitative estimate of drug-likeness (QED) is 0.831. The minimum Gasteiger partial charge on any atom is -0.376 e. The van der Waals surface area contributed by atoms with Crippen LogP contribution in [0.4, 0.5) is 5.69 Å². The number of rotatable bonds is 4. The van der Waals surface area contributed by atoms with Gasteiger partial charge in [0.1, 0.15) is 0 Å². The first-order valence-electron chi connectivity index (χ1n) is 5.16. The number of halogens is 2. The number of benzene rings is 1. The zero-order chi connectivity index (χ0) is 12.3. The lowest BCUT2D eigenvalue weighted by Gasteiger charge is -2.16. The highest BCUT2D eigenvalue weighted by Gasteiger charge is 2.11. The molecule has 5 heteroatoms. The summed E-state index contributed by atoms with van der Waals surface area (Å²) in [6, 6.07) is 12.4. The molecular formula is C12H12Br2N2S. The van der Waals surface area contributed by atoms with E-state index >= 15 is 0 Å². The summed E-state index contributed by atoms with van der Waals surface area (Å²) in [5, 5.41) is 3.43. The Morgan fingerprint density at radius 1 is 1.12 bits per heavy atom. The number of thiophene rings is 1. The van der Waals surface area contributed by atoms with Crippen molar-refractivity contribution in [1.82, 2.24) is 0 Å². The summed E-state index contributed by atoms with van der Waals surface area (Å²) < 4.78 is 2.20. The Morgan fingerprint density at radius 3 is 2.35 bits per heavy atom. The Labute approximate surface area is 121 Å². The molecule has 0 saturated carbocycles. The molecule has 3 N–H and O–H groups in total. The summed E-state index contributed by atoms with van der Waals surface area (Å²) in [5.41, 5.74) is 6.89. The van der Waals surface area contributed by atoms with E-state index in [1.54, 1.807) is 11.3 Å². The molecule has 17 heavy (non-hydrogen) atoms. The molecule has 1 heterocycles. The fourth-order valence-corrected chi connectivity index (χ4v) is 3.26. The fraction of sp³-hybridized carbons (Fsp3) is 0.167. The van der Waals surface area contributed by atoms with E-state index in [4.69, 9.17) is 5.73 Å². The molecule has 0 spiro atoms. The number of hydrogen-bond donors (Lipinski definition) is 2. The van der Waals surface area contributed by atoms with Crippen molar-refractivity contribution >= 4 is 48.9 Å². The molecule has 90 valence electrons. The van der Waals surface area contributed by atoms with Gasteiger partial charge in [-0.2, -0.15) is 0 Å². The molecule has 0 fully saturated rings.